The number of hydrogen-bond donors (Lipinski definition) is 2. The van der Waals surface area contributed by atoms with E-state index in [2.05, 4.69) is 18.8 Å². The van der Waals surface area contributed by atoms with Gasteiger partial charge in [-0.25, -0.2) is 9.78 Å². The molecule has 2 aliphatic heterocycles. The van der Waals surface area contributed by atoms with Crippen molar-refractivity contribution in [3.63, 3.8) is 0 Å². The lowest BCUT2D eigenvalue weighted by Crippen LogP contribution is -2.48. The minimum absolute atomic E-state index is 0.0388. The monoisotopic (exact) mass is 409 g/mol. The molecule has 2 atom stereocenters. The highest BCUT2D eigenvalue weighted by molar-refractivity contribution is 7.90. The van der Waals surface area contributed by atoms with Crippen LogP contribution < -0.4 is 5.73 Å². The molecule has 2 fully saturated rings. The summed E-state index contributed by atoms with van der Waals surface area (Å²) in [7, 11) is -7.66. The summed E-state index contributed by atoms with van der Waals surface area (Å²) in [6.07, 6.45) is 1.67. The van der Waals surface area contributed by atoms with E-state index in [-0.39, 0.29) is 25.2 Å². The molecule has 2 saturated heterocycles. The number of carbonyl (C=O) groups excluding carboxylic acids is 1. The fourth-order valence-corrected chi connectivity index (χ4v) is 4.10. The molecular formula is C10H15N7O7S2. The van der Waals surface area contributed by atoms with Crippen molar-refractivity contribution in [2.45, 2.75) is 30.1 Å². The third-order valence-electron chi connectivity index (χ3n) is 3.87. The number of hydrogen-bond acceptors (Lipinski definition) is 8. The number of urea groups is 1. The number of hydroxylamine groups is 2. The summed E-state index contributed by atoms with van der Waals surface area (Å²) >= 11 is 0. The molecule has 144 valence electrons. The van der Waals surface area contributed by atoms with Crippen LogP contribution in [0.25, 0.3) is 0 Å². The van der Waals surface area contributed by atoms with Crippen molar-refractivity contribution in [3.05, 3.63) is 6.33 Å². The Morgan fingerprint density at radius 3 is 2.65 bits per heavy atom. The predicted octanol–water partition coefficient (Wildman–Crippen LogP) is -2.14. The van der Waals surface area contributed by atoms with Crippen LogP contribution in [0.4, 0.5) is 4.79 Å². The lowest BCUT2D eigenvalue weighted by Gasteiger charge is -2.29. The number of rotatable bonds is 5. The third-order valence-corrected chi connectivity index (χ3v) is 5.32. The zero-order chi connectivity index (χ0) is 19.3. The Hall–Kier alpha value is -2.30. The van der Waals surface area contributed by atoms with Gasteiger partial charge in [-0.2, -0.15) is 21.9 Å². The van der Waals surface area contributed by atoms with Crippen molar-refractivity contribution in [2.24, 2.45) is 17.2 Å². The quantitative estimate of drug-likeness (QED) is 0.308. The van der Waals surface area contributed by atoms with Gasteiger partial charge in [0.15, 0.2) is 0 Å². The first-order valence-electron chi connectivity index (χ1n) is 7.21. The molecule has 14 nitrogen and oxygen atoms in total. The van der Waals surface area contributed by atoms with Crippen molar-refractivity contribution in [2.75, 3.05) is 6.54 Å². The summed E-state index contributed by atoms with van der Waals surface area (Å²) in [5.74, 6) is -0.363. The SMILES string of the molecule is Cn1cnc(S(=O)(=O)N=C(N)C2CCC3CN2C(=O)N3OS(=O)(=O)O)n1. The molecule has 0 radical (unpaired) electrons. The summed E-state index contributed by atoms with van der Waals surface area (Å²) in [6.45, 7) is 0.0388. The van der Waals surface area contributed by atoms with Crippen molar-refractivity contribution in [1.29, 1.82) is 0 Å². The summed E-state index contributed by atoms with van der Waals surface area (Å²) < 4.78 is 63.8. The molecule has 3 N–H and O–H groups in total. The second kappa shape index (κ2) is 6.15. The van der Waals surface area contributed by atoms with Gasteiger partial charge < -0.3 is 10.6 Å². The van der Waals surface area contributed by atoms with Crippen molar-refractivity contribution in [1.82, 2.24) is 24.7 Å². The van der Waals surface area contributed by atoms with E-state index in [0.717, 1.165) is 4.90 Å². The van der Waals surface area contributed by atoms with E-state index < -0.39 is 43.7 Å². The van der Waals surface area contributed by atoms with E-state index in [1.54, 1.807) is 0 Å². The molecule has 0 aliphatic carbocycles. The number of nitrogens with zero attached hydrogens (tertiary/aromatic N) is 6. The standard InChI is InChI=1S/C10H15N7O7S2/c1-15-5-12-9(13-15)25(19,20)14-8(11)7-3-2-6-4-16(7)10(18)17(6)24-26(21,22)23/h5-7H,2-4H2,1H3,(H2,11,14)(H,21,22,23). The van der Waals surface area contributed by atoms with Gasteiger partial charge in [-0.05, 0) is 12.8 Å². The largest absolute Gasteiger partial charge is 0.418 e. The first-order valence-corrected chi connectivity index (χ1v) is 10.0. The second-order valence-corrected chi connectivity index (χ2v) is 8.20. The van der Waals surface area contributed by atoms with Gasteiger partial charge in [0.1, 0.15) is 12.2 Å². The molecule has 2 aliphatic rings. The second-order valence-electron chi connectivity index (χ2n) is 5.70. The highest BCUT2D eigenvalue weighted by Gasteiger charge is 2.48. The molecular weight excluding hydrogens is 394 g/mol. The van der Waals surface area contributed by atoms with Crippen molar-refractivity contribution in [3.8, 4) is 0 Å². The van der Waals surface area contributed by atoms with E-state index in [1.807, 2.05) is 0 Å². The van der Waals surface area contributed by atoms with Gasteiger partial charge in [-0.15, -0.1) is 13.8 Å². The van der Waals surface area contributed by atoms with Gasteiger partial charge in [-0.1, -0.05) is 0 Å². The van der Waals surface area contributed by atoms with Crippen molar-refractivity contribution < 1.29 is 30.5 Å². The van der Waals surface area contributed by atoms with Crippen LogP contribution in [0.3, 0.4) is 0 Å². The molecule has 2 amide bonds. The highest BCUT2D eigenvalue weighted by Crippen LogP contribution is 2.31. The van der Waals surface area contributed by atoms with Gasteiger partial charge in [0.05, 0.1) is 12.1 Å². The smallest absolute Gasteiger partial charge is 0.385 e. The summed E-state index contributed by atoms with van der Waals surface area (Å²) in [5, 5.41) is 3.63. The Morgan fingerprint density at radius 1 is 1.38 bits per heavy atom. The van der Waals surface area contributed by atoms with Crippen LogP contribution in [0, 0.1) is 0 Å². The zero-order valence-corrected chi connectivity index (χ0v) is 15.0. The maximum Gasteiger partial charge on any atom is 0.418 e. The Bertz CT molecular complexity index is 970. The van der Waals surface area contributed by atoms with E-state index in [4.69, 9.17) is 10.3 Å². The number of aryl methyl sites for hydroxylation is 1. The van der Waals surface area contributed by atoms with Crippen LogP contribution in [0.15, 0.2) is 15.9 Å². The average Bonchev–Trinajstić information content (AvgIpc) is 3.05. The summed E-state index contributed by atoms with van der Waals surface area (Å²) in [5.41, 5.74) is 5.79. The van der Waals surface area contributed by atoms with Crippen LogP contribution in [-0.2, 0) is 31.8 Å². The van der Waals surface area contributed by atoms with Gasteiger partial charge in [-0.3, -0.25) is 9.23 Å². The first-order chi connectivity index (χ1) is 12.0. The van der Waals surface area contributed by atoms with E-state index in [1.165, 1.54) is 18.1 Å². The van der Waals surface area contributed by atoms with E-state index >= 15 is 0 Å². The summed E-state index contributed by atoms with van der Waals surface area (Å²) in [6, 6.07) is -2.38. The van der Waals surface area contributed by atoms with Gasteiger partial charge >= 0.3 is 26.5 Å². The molecule has 2 bridgehead atoms. The Kier molecular flexibility index (Phi) is 4.37. The molecule has 0 spiro atoms. The Balaban J connectivity index is 1.84. The van der Waals surface area contributed by atoms with Crippen LogP contribution in [0.2, 0.25) is 0 Å². The van der Waals surface area contributed by atoms with Gasteiger partial charge in [0, 0.05) is 13.6 Å². The fourth-order valence-electron chi connectivity index (χ4n) is 2.82. The Labute approximate surface area is 148 Å². The maximum atomic E-state index is 12.3. The first kappa shape index (κ1) is 18.5. The molecule has 3 rings (SSSR count). The number of nitrogens with two attached hydrogens (primary N) is 1. The van der Waals surface area contributed by atoms with E-state index in [9.17, 15) is 21.6 Å². The number of amidine groups is 1. The number of amides is 2. The minimum atomic E-state index is -4.88. The molecule has 3 heterocycles. The molecule has 1 aromatic rings. The number of sulfonamides is 1. The van der Waals surface area contributed by atoms with Crippen LogP contribution in [-0.4, -0.2) is 76.6 Å². The maximum absolute atomic E-state index is 12.3. The average molecular weight is 409 g/mol. The summed E-state index contributed by atoms with van der Waals surface area (Å²) in [4.78, 5) is 17.0. The number of piperidine rings is 1. The molecule has 1 aromatic heterocycles. The van der Waals surface area contributed by atoms with Gasteiger partial charge in [0.25, 0.3) is 5.16 Å². The molecule has 16 heteroatoms. The van der Waals surface area contributed by atoms with Gasteiger partial charge in [0.2, 0.25) is 0 Å². The number of carbonyl (C=O) groups is 1. The fraction of sp³-hybridized carbons (Fsp3) is 0.600. The predicted molar refractivity (Wildman–Crippen MR) is 83.2 cm³/mol. The third kappa shape index (κ3) is 3.48. The number of aromatic nitrogens is 3. The molecule has 26 heavy (non-hydrogen) atoms. The number of fused-ring (bicyclic) bond motifs is 2. The van der Waals surface area contributed by atoms with Crippen LogP contribution in [0.1, 0.15) is 12.8 Å². The Morgan fingerprint density at radius 2 is 2.08 bits per heavy atom. The lowest BCUT2D eigenvalue weighted by molar-refractivity contribution is -0.0316. The minimum Gasteiger partial charge on any atom is -0.385 e. The zero-order valence-electron chi connectivity index (χ0n) is 13.3. The van der Waals surface area contributed by atoms with Crippen LogP contribution in [0.5, 0.6) is 0 Å². The van der Waals surface area contributed by atoms with Crippen LogP contribution >= 0.6 is 0 Å². The topological polar surface area (TPSA) is 190 Å². The molecule has 2 unspecified atom stereocenters. The lowest BCUT2D eigenvalue weighted by atomic mass is 10.0. The normalized spacial score (nSPS) is 24.4. The van der Waals surface area contributed by atoms with E-state index in [0.29, 0.717) is 5.06 Å². The molecule has 0 aromatic carbocycles. The molecule has 0 saturated carbocycles. The highest BCUT2D eigenvalue weighted by atomic mass is 32.3. The van der Waals surface area contributed by atoms with Crippen molar-refractivity contribution >= 4 is 32.3 Å².